The van der Waals surface area contributed by atoms with Crippen molar-refractivity contribution < 1.29 is 32.5 Å². The molecule has 8 heteroatoms. The Hall–Kier alpha value is -0.0100. The lowest BCUT2D eigenvalue weighted by Gasteiger charge is -2.23. The zero-order chi connectivity index (χ0) is 31.9. The van der Waals surface area contributed by atoms with Gasteiger partial charge in [-0.1, -0.05) is 135 Å². The van der Waals surface area contributed by atoms with Crippen LogP contribution in [-0.2, 0) is 23.1 Å². The van der Waals surface area contributed by atoms with Crippen LogP contribution in [0.2, 0.25) is 0 Å². The molecule has 0 heterocycles. The minimum atomic E-state index is -4.06. The Morgan fingerprint density at radius 2 is 0.953 bits per heavy atom. The van der Waals surface area contributed by atoms with E-state index in [9.17, 15) is 9.46 Å². The van der Waals surface area contributed by atoms with E-state index >= 15 is 0 Å². The van der Waals surface area contributed by atoms with Gasteiger partial charge in [0.25, 0.3) is 0 Å². The van der Waals surface area contributed by atoms with Crippen molar-refractivity contribution in [3.8, 4) is 0 Å². The molecular formula is C35H75NO6P+. The molecule has 0 aromatic carbocycles. The lowest BCUT2D eigenvalue weighted by molar-refractivity contribution is -0.870. The Balaban J connectivity index is 3.52. The fourth-order valence-corrected chi connectivity index (χ4v) is 6.08. The molecule has 1 N–H and O–H groups in total. The highest BCUT2D eigenvalue weighted by atomic mass is 31.2. The van der Waals surface area contributed by atoms with E-state index in [4.69, 9.17) is 18.5 Å². The molecule has 0 saturated carbocycles. The molecule has 0 aliphatic carbocycles. The number of hydrogen-bond donors (Lipinski definition) is 1. The summed E-state index contributed by atoms with van der Waals surface area (Å²) in [6.07, 6.45) is 30.5. The lowest BCUT2D eigenvalue weighted by atomic mass is 10.0. The van der Waals surface area contributed by atoms with Gasteiger partial charge in [-0.15, -0.1) is 0 Å². The summed E-state index contributed by atoms with van der Waals surface area (Å²) >= 11 is 0. The zero-order valence-electron chi connectivity index (χ0n) is 29.5. The largest absolute Gasteiger partial charge is 0.472 e. The van der Waals surface area contributed by atoms with Crippen LogP contribution in [0, 0.1) is 0 Å². The molecule has 0 bridgehead atoms. The molecule has 0 saturated heterocycles. The highest BCUT2D eigenvalue weighted by Gasteiger charge is 2.23. The van der Waals surface area contributed by atoms with Gasteiger partial charge in [0.2, 0.25) is 0 Å². The van der Waals surface area contributed by atoms with Gasteiger partial charge < -0.3 is 18.9 Å². The minimum Gasteiger partial charge on any atom is -0.379 e. The average molecular weight is 637 g/mol. The lowest BCUT2D eigenvalue weighted by Crippen LogP contribution is -2.35. The third-order valence-corrected chi connectivity index (χ3v) is 9.16. The van der Waals surface area contributed by atoms with Gasteiger partial charge in [0, 0.05) is 13.7 Å². The second-order valence-electron chi connectivity index (χ2n) is 13.7. The van der Waals surface area contributed by atoms with Crippen molar-refractivity contribution in [2.45, 2.75) is 167 Å². The minimum absolute atomic E-state index is 0.0165. The van der Waals surface area contributed by atoms with Gasteiger partial charge in [-0.25, -0.2) is 4.57 Å². The SMILES string of the molecule is CCCCCCCCCCCCCCCCCCOCC(COP(=O)(O)OCCCCCCCCCC[N+](C)(C)C)OC. The number of unbranched alkanes of at least 4 members (excludes halogenated alkanes) is 22. The highest BCUT2D eigenvalue weighted by molar-refractivity contribution is 7.47. The van der Waals surface area contributed by atoms with Crippen molar-refractivity contribution in [3.05, 3.63) is 0 Å². The highest BCUT2D eigenvalue weighted by Crippen LogP contribution is 2.43. The van der Waals surface area contributed by atoms with E-state index in [1.165, 1.54) is 135 Å². The van der Waals surface area contributed by atoms with Gasteiger partial charge in [-0.3, -0.25) is 9.05 Å². The fourth-order valence-electron chi connectivity index (χ4n) is 5.29. The molecule has 0 rings (SSSR count). The van der Waals surface area contributed by atoms with E-state index < -0.39 is 7.82 Å². The summed E-state index contributed by atoms with van der Waals surface area (Å²) in [6.45, 7) is 4.77. The number of hydrogen-bond acceptors (Lipinski definition) is 5. The first kappa shape index (κ1) is 43.0. The molecule has 0 aromatic heterocycles. The van der Waals surface area contributed by atoms with Crippen molar-refractivity contribution >= 4 is 7.82 Å². The van der Waals surface area contributed by atoms with Crippen LogP contribution in [-0.4, -0.2) is 76.7 Å². The molecule has 43 heavy (non-hydrogen) atoms. The van der Waals surface area contributed by atoms with Crippen LogP contribution in [0.4, 0.5) is 0 Å². The Morgan fingerprint density at radius 1 is 0.558 bits per heavy atom. The maximum absolute atomic E-state index is 12.2. The smallest absolute Gasteiger partial charge is 0.379 e. The Kier molecular flexibility index (Phi) is 30.6. The summed E-state index contributed by atoms with van der Waals surface area (Å²) in [7, 11) is 4.23. The first-order valence-electron chi connectivity index (χ1n) is 18.2. The van der Waals surface area contributed by atoms with Gasteiger partial charge >= 0.3 is 7.82 Å². The fraction of sp³-hybridized carbons (Fsp3) is 1.00. The maximum atomic E-state index is 12.2. The molecule has 7 nitrogen and oxygen atoms in total. The zero-order valence-corrected chi connectivity index (χ0v) is 30.4. The second-order valence-corrected chi connectivity index (χ2v) is 15.1. The van der Waals surface area contributed by atoms with Crippen LogP contribution in [0.15, 0.2) is 0 Å². The van der Waals surface area contributed by atoms with E-state index in [1.807, 2.05) is 0 Å². The van der Waals surface area contributed by atoms with Crippen LogP contribution in [0.1, 0.15) is 161 Å². The molecule has 0 amide bonds. The van der Waals surface area contributed by atoms with E-state index in [0.29, 0.717) is 13.2 Å². The van der Waals surface area contributed by atoms with Crippen LogP contribution in [0.5, 0.6) is 0 Å². The molecule has 2 unspecified atom stereocenters. The Morgan fingerprint density at radius 3 is 1.37 bits per heavy atom. The molecule has 260 valence electrons. The number of nitrogens with zero attached hydrogens (tertiary/aromatic N) is 1. The van der Waals surface area contributed by atoms with Crippen molar-refractivity contribution in [3.63, 3.8) is 0 Å². The molecule has 0 aliphatic heterocycles. The number of phosphoric acid groups is 1. The van der Waals surface area contributed by atoms with E-state index in [0.717, 1.165) is 30.2 Å². The van der Waals surface area contributed by atoms with Gasteiger partial charge in [-0.05, 0) is 25.7 Å². The standard InChI is InChI=1S/C35H74NO6P/c1-6-7-8-9-10-11-12-13-14-15-16-17-19-22-25-28-31-40-33-35(39-5)34-42-43(37,38)41-32-29-26-23-20-18-21-24-27-30-36(2,3)4/h35H,6-34H2,1-5H3/p+1. The summed E-state index contributed by atoms with van der Waals surface area (Å²) in [5, 5.41) is 0. The van der Waals surface area contributed by atoms with Crippen molar-refractivity contribution in [2.24, 2.45) is 0 Å². The van der Waals surface area contributed by atoms with Gasteiger partial charge in [-0.2, -0.15) is 0 Å². The molecule has 0 radical (unpaired) electrons. The monoisotopic (exact) mass is 637 g/mol. The molecule has 0 aromatic rings. The van der Waals surface area contributed by atoms with Crippen LogP contribution in [0.3, 0.4) is 0 Å². The molecule has 2 atom stereocenters. The first-order chi connectivity index (χ1) is 20.7. The number of rotatable bonds is 35. The van der Waals surface area contributed by atoms with Crippen LogP contribution in [0.25, 0.3) is 0 Å². The van der Waals surface area contributed by atoms with Crippen molar-refractivity contribution in [1.82, 2.24) is 0 Å². The third-order valence-electron chi connectivity index (χ3n) is 8.18. The van der Waals surface area contributed by atoms with Crippen LogP contribution < -0.4 is 0 Å². The molecule has 0 fully saturated rings. The Bertz CT molecular complexity index is 616. The predicted molar refractivity (Wildman–Crippen MR) is 183 cm³/mol. The van der Waals surface area contributed by atoms with Crippen LogP contribution >= 0.6 is 7.82 Å². The first-order valence-corrected chi connectivity index (χ1v) is 19.7. The van der Waals surface area contributed by atoms with Gasteiger partial charge in [0.05, 0.1) is 47.5 Å². The van der Waals surface area contributed by atoms with Gasteiger partial charge in [0.1, 0.15) is 6.10 Å². The normalized spacial score (nSPS) is 14.3. The number of ether oxygens (including phenoxy) is 2. The van der Waals surface area contributed by atoms with E-state index in [-0.39, 0.29) is 19.3 Å². The van der Waals surface area contributed by atoms with Crippen molar-refractivity contribution in [2.75, 3.05) is 61.2 Å². The summed E-state index contributed by atoms with van der Waals surface area (Å²) < 4.78 is 34.6. The molecule has 0 aliphatic rings. The maximum Gasteiger partial charge on any atom is 0.472 e. The number of phosphoric ester groups is 1. The van der Waals surface area contributed by atoms with E-state index in [2.05, 4.69) is 28.1 Å². The summed E-state index contributed by atoms with van der Waals surface area (Å²) in [5.41, 5.74) is 0. The Labute approximate surface area is 268 Å². The number of methoxy groups -OCH3 is 1. The average Bonchev–Trinajstić information content (AvgIpc) is 2.96. The third kappa shape index (κ3) is 34.7. The van der Waals surface area contributed by atoms with E-state index in [1.54, 1.807) is 7.11 Å². The molecular weight excluding hydrogens is 561 g/mol. The van der Waals surface area contributed by atoms with Crippen molar-refractivity contribution in [1.29, 1.82) is 0 Å². The molecule has 0 spiro atoms. The predicted octanol–water partition coefficient (Wildman–Crippen LogP) is 10.2. The number of quaternary nitrogens is 1. The van der Waals surface area contributed by atoms with Gasteiger partial charge in [0.15, 0.2) is 0 Å². The second kappa shape index (κ2) is 30.6. The quantitative estimate of drug-likeness (QED) is 0.0424. The summed E-state index contributed by atoms with van der Waals surface area (Å²) in [5.74, 6) is 0. The topological polar surface area (TPSA) is 74.2 Å². The summed E-state index contributed by atoms with van der Waals surface area (Å²) in [6, 6.07) is 0. The summed E-state index contributed by atoms with van der Waals surface area (Å²) in [4.78, 5) is 9.98.